The first-order valence-electron chi connectivity index (χ1n) is 7.75. The van der Waals surface area contributed by atoms with Gasteiger partial charge >= 0.3 is 6.09 Å². The van der Waals surface area contributed by atoms with Crippen molar-refractivity contribution in [2.45, 2.75) is 25.2 Å². The van der Waals surface area contributed by atoms with Crippen LogP contribution in [0.15, 0.2) is 17.6 Å². The van der Waals surface area contributed by atoms with E-state index in [4.69, 9.17) is 19.4 Å². The molecule has 0 saturated heterocycles. The summed E-state index contributed by atoms with van der Waals surface area (Å²) in [5.74, 6) is -1.49. The number of rotatable bonds is 3. The molecule has 146 valence electrons. The first-order chi connectivity index (χ1) is 12.7. The number of allylic oxidation sites excluding steroid dienone is 2. The molecule has 10 nitrogen and oxygen atoms in total. The number of primary amides is 1. The molecule has 0 heterocycles. The highest BCUT2D eigenvalue weighted by Crippen LogP contribution is 2.41. The molecule has 0 spiro atoms. The average molecular weight is 381 g/mol. The van der Waals surface area contributed by atoms with Gasteiger partial charge in [0.1, 0.15) is 6.10 Å². The molecular formula is C17H19NO9. The number of hydrogen-bond donors (Lipinski definition) is 5. The lowest BCUT2D eigenvalue weighted by atomic mass is 9.84. The Balaban J connectivity index is 0.000000596. The number of methoxy groups -OCH3 is 2. The maximum absolute atomic E-state index is 12.7. The van der Waals surface area contributed by atoms with Crippen LogP contribution in [0.3, 0.4) is 0 Å². The number of amides is 1. The number of carboxylic acid groups (broad SMARTS) is 1. The van der Waals surface area contributed by atoms with Crippen LogP contribution in [-0.2, 0) is 22.5 Å². The lowest BCUT2D eigenvalue weighted by Crippen LogP contribution is -2.26. The van der Waals surface area contributed by atoms with Crippen LogP contribution in [0.4, 0.5) is 4.79 Å². The third-order valence-electron chi connectivity index (χ3n) is 4.30. The Hall–Kier alpha value is -2.95. The van der Waals surface area contributed by atoms with Crippen LogP contribution in [0, 0.1) is 0 Å². The van der Waals surface area contributed by atoms with Crippen LogP contribution >= 0.6 is 0 Å². The molecule has 2 unspecified atom stereocenters. The lowest BCUT2D eigenvalue weighted by Gasteiger charge is -2.22. The quantitative estimate of drug-likeness (QED) is 0.467. The number of aliphatic hydroxyl groups excluding tert-OH is 3. The largest absolute Gasteiger partial charge is 0.489 e. The van der Waals surface area contributed by atoms with Crippen molar-refractivity contribution in [3.05, 3.63) is 45.4 Å². The number of hydrogen-bond acceptors (Lipinski definition) is 8. The molecule has 2 aliphatic carbocycles. The molecule has 6 N–H and O–H groups in total. The average Bonchev–Trinajstić information content (AvgIpc) is 2.91. The molecule has 0 saturated carbocycles. The number of carbonyl (C=O) groups is 3. The Morgan fingerprint density at radius 3 is 2.19 bits per heavy atom. The molecule has 0 bridgehead atoms. The van der Waals surface area contributed by atoms with Gasteiger partial charge in [-0.2, -0.15) is 0 Å². The van der Waals surface area contributed by atoms with Gasteiger partial charge in [0.25, 0.3) is 0 Å². The Kier molecular flexibility index (Phi) is 5.84. The number of nitrogens with two attached hydrogens (primary N) is 1. The topological polar surface area (TPSA) is 177 Å². The third-order valence-corrected chi connectivity index (χ3v) is 4.30. The summed E-state index contributed by atoms with van der Waals surface area (Å²) in [5, 5.41) is 36.7. The predicted molar refractivity (Wildman–Crippen MR) is 89.0 cm³/mol. The second-order valence-electron chi connectivity index (χ2n) is 5.79. The molecule has 0 aliphatic heterocycles. The normalized spacial score (nSPS) is 20.5. The Bertz CT molecular complexity index is 839. The van der Waals surface area contributed by atoms with Crippen LogP contribution in [-0.4, -0.2) is 58.4 Å². The maximum Gasteiger partial charge on any atom is 0.402 e. The van der Waals surface area contributed by atoms with Crippen LogP contribution < -0.4 is 5.73 Å². The van der Waals surface area contributed by atoms with Crippen molar-refractivity contribution < 1.29 is 44.3 Å². The predicted octanol–water partition coefficient (Wildman–Crippen LogP) is -0.364. The minimum Gasteiger partial charge on any atom is -0.489 e. The summed E-state index contributed by atoms with van der Waals surface area (Å²) in [6.45, 7) is -0.427. The molecule has 10 heteroatoms. The van der Waals surface area contributed by atoms with E-state index >= 15 is 0 Å². The molecule has 27 heavy (non-hydrogen) atoms. The summed E-state index contributed by atoms with van der Waals surface area (Å²) < 4.78 is 10.0. The highest BCUT2D eigenvalue weighted by atomic mass is 16.5. The van der Waals surface area contributed by atoms with Gasteiger partial charge in [0.05, 0.1) is 26.9 Å². The molecule has 3 rings (SSSR count). The zero-order valence-electron chi connectivity index (χ0n) is 14.6. The molecule has 0 radical (unpaired) electrons. The van der Waals surface area contributed by atoms with E-state index in [0.717, 1.165) is 0 Å². The van der Waals surface area contributed by atoms with Crippen molar-refractivity contribution in [1.82, 2.24) is 0 Å². The fraction of sp³-hybridized carbons (Fsp3) is 0.353. The van der Waals surface area contributed by atoms with E-state index < -0.39 is 36.5 Å². The van der Waals surface area contributed by atoms with Gasteiger partial charge in [0.2, 0.25) is 23.1 Å². The standard InChI is InChI=1S/C16H16O7.CH3NO2/c1-22-15-12(19)8-3-6(5-17)10-7(4-9(18)13(10)20)11(8)14(21)16(15)23-2;2-1(3)4/h3,9,13,17-18,20H,4-5H2,1-2H3;2H2,(H,3,4). The summed E-state index contributed by atoms with van der Waals surface area (Å²) >= 11 is 0. The molecule has 1 aromatic rings. The van der Waals surface area contributed by atoms with Crippen molar-refractivity contribution in [2.75, 3.05) is 14.2 Å². The molecule has 0 aromatic heterocycles. The number of ether oxygens (including phenoxy) is 2. The van der Waals surface area contributed by atoms with Gasteiger partial charge in [-0.15, -0.1) is 0 Å². The molecule has 0 fully saturated rings. The third kappa shape index (κ3) is 3.37. The van der Waals surface area contributed by atoms with Crippen LogP contribution in [0.2, 0.25) is 0 Å². The number of carbonyl (C=O) groups excluding carboxylic acids is 2. The van der Waals surface area contributed by atoms with Crippen LogP contribution in [0.5, 0.6) is 0 Å². The monoisotopic (exact) mass is 381 g/mol. The summed E-state index contributed by atoms with van der Waals surface area (Å²) in [5.41, 5.74) is 5.18. The SMILES string of the molecule is COC1=C(OC)C(=O)c2c(cc(CO)c3c2CC(O)C3O)C1=O.NC(=O)O. The van der Waals surface area contributed by atoms with Crippen molar-refractivity contribution in [3.8, 4) is 0 Å². The van der Waals surface area contributed by atoms with Crippen LogP contribution in [0.25, 0.3) is 0 Å². The maximum atomic E-state index is 12.7. The van der Waals surface area contributed by atoms with Crippen molar-refractivity contribution in [1.29, 1.82) is 0 Å². The highest BCUT2D eigenvalue weighted by Gasteiger charge is 2.42. The zero-order valence-corrected chi connectivity index (χ0v) is 14.6. The molecule has 1 aromatic carbocycles. The Labute approximate surface area is 153 Å². The second kappa shape index (κ2) is 7.74. The molecule has 2 aliphatic rings. The number of ketones is 2. The molecule has 1 amide bonds. The van der Waals surface area contributed by atoms with Gasteiger partial charge in [-0.25, -0.2) is 4.79 Å². The van der Waals surface area contributed by atoms with Gasteiger partial charge < -0.3 is 35.6 Å². The van der Waals surface area contributed by atoms with E-state index in [1.807, 2.05) is 0 Å². The summed E-state index contributed by atoms with van der Waals surface area (Å²) in [6, 6.07) is 1.36. The van der Waals surface area contributed by atoms with E-state index in [-0.39, 0.29) is 29.1 Å². The van der Waals surface area contributed by atoms with Gasteiger partial charge in [0, 0.05) is 17.5 Å². The fourth-order valence-corrected chi connectivity index (χ4v) is 3.29. The van der Waals surface area contributed by atoms with E-state index in [2.05, 4.69) is 5.73 Å². The van der Waals surface area contributed by atoms with Gasteiger partial charge in [-0.1, -0.05) is 0 Å². The fourth-order valence-electron chi connectivity index (χ4n) is 3.29. The first kappa shape index (κ1) is 20.4. The lowest BCUT2D eigenvalue weighted by molar-refractivity contribution is 0.0316. The summed E-state index contributed by atoms with van der Waals surface area (Å²) in [7, 11) is 2.52. The van der Waals surface area contributed by atoms with Gasteiger partial charge in [-0.05, 0) is 22.8 Å². The van der Waals surface area contributed by atoms with Crippen molar-refractivity contribution in [3.63, 3.8) is 0 Å². The van der Waals surface area contributed by atoms with Crippen molar-refractivity contribution >= 4 is 17.7 Å². The second-order valence-corrected chi connectivity index (χ2v) is 5.79. The minimum atomic E-state index is -1.33. The van der Waals surface area contributed by atoms with Crippen LogP contribution in [0.1, 0.15) is 43.5 Å². The summed E-state index contributed by atoms with van der Waals surface area (Å²) in [6.07, 6.45) is -3.62. The minimum absolute atomic E-state index is 0.0189. The first-order valence-corrected chi connectivity index (χ1v) is 7.75. The molecule has 2 atom stereocenters. The van der Waals surface area contributed by atoms with E-state index in [1.165, 1.54) is 20.3 Å². The van der Waals surface area contributed by atoms with E-state index in [1.54, 1.807) is 0 Å². The van der Waals surface area contributed by atoms with Gasteiger partial charge in [-0.3, -0.25) is 9.59 Å². The zero-order chi connectivity index (χ0) is 20.5. The number of fused-ring (bicyclic) bond motifs is 3. The number of aliphatic hydroxyl groups is 3. The smallest absolute Gasteiger partial charge is 0.402 e. The van der Waals surface area contributed by atoms with Crippen molar-refractivity contribution in [2.24, 2.45) is 5.73 Å². The highest BCUT2D eigenvalue weighted by molar-refractivity contribution is 6.26. The molecular weight excluding hydrogens is 362 g/mol. The Morgan fingerprint density at radius 1 is 1.19 bits per heavy atom. The summed E-state index contributed by atoms with van der Waals surface area (Å²) in [4.78, 5) is 34.0. The number of Topliss-reactive ketones (excluding diaryl/α,β-unsaturated/α-hetero) is 2. The Morgan fingerprint density at radius 2 is 1.70 bits per heavy atom. The van der Waals surface area contributed by atoms with E-state index in [0.29, 0.717) is 16.7 Å². The van der Waals surface area contributed by atoms with Gasteiger partial charge in [0.15, 0.2) is 0 Å². The van der Waals surface area contributed by atoms with E-state index in [9.17, 15) is 24.9 Å². The number of benzene rings is 1.